The maximum atomic E-state index is 12.3. The third-order valence-electron chi connectivity index (χ3n) is 8.49. The van der Waals surface area contributed by atoms with Crippen molar-refractivity contribution in [1.82, 2.24) is 0 Å². The summed E-state index contributed by atoms with van der Waals surface area (Å²) in [7, 11) is 0. The highest BCUT2D eigenvalue weighted by Crippen LogP contribution is 2.67. The first-order chi connectivity index (χ1) is 11.7. The Morgan fingerprint density at radius 3 is 2.64 bits per heavy atom. The molecule has 3 fully saturated rings. The Bertz CT molecular complexity index is 656. The molecule has 0 aliphatic heterocycles. The van der Waals surface area contributed by atoms with Crippen molar-refractivity contribution >= 4 is 27.5 Å². The van der Waals surface area contributed by atoms with Gasteiger partial charge in [0, 0.05) is 17.2 Å². The van der Waals surface area contributed by atoms with E-state index >= 15 is 0 Å². The molecule has 4 heteroatoms. The van der Waals surface area contributed by atoms with Crippen LogP contribution >= 0.6 is 15.9 Å². The first-order valence-corrected chi connectivity index (χ1v) is 10.7. The van der Waals surface area contributed by atoms with Gasteiger partial charge in [-0.15, -0.1) is 0 Å². The summed E-state index contributed by atoms with van der Waals surface area (Å²) < 4.78 is 0. The molecule has 4 rings (SSSR count). The fraction of sp³-hybridized carbons (Fsp3) is 0.810. The Morgan fingerprint density at radius 1 is 1.24 bits per heavy atom. The maximum absolute atomic E-state index is 12.3. The first kappa shape index (κ1) is 17.9. The average Bonchev–Trinajstić information content (AvgIpc) is 2.91. The van der Waals surface area contributed by atoms with E-state index in [1.807, 2.05) is 6.08 Å². The van der Waals surface area contributed by atoms with Crippen LogP contribution in [-0.4, -0.2) is 27.6 Å². The van der Waals surface area contributed by atoms with Gasteiger partial charge in [0.15, 0.2) is 5.78 Å². The zero-order valence-electron chi connectivity index (χ0n) is 15.4. The van der Waals surface area contributed by atoms with E-state index in [0.717, 1.165) is 32.1 Å². The molecular formula is C21H29BrO3. The average molecular weight is 409 g/mol. The number of aliphatic hydroxyl groups is 1. The summed E-state index contributed by atoms with van der Waals surface area (Å²) in [6, 6.07) is 0. The van der Waals surface area contributed by atoms with Crippen molar-refractivity contribution in [3.63, 3.8) is 0 Å². The van der Waals surface area contributed by atoms with E-state index in [2.05, 4.69) is 29.8 Å². The second-order valence-corrected chi connectivity index (χ2v) is 10.4. The van der Waals surface area contributed by atoms with Crippen LogP contribution in [0.2, 0.25) is 0 Å². The lowest BCUT2D eigenvalue weighted by atomic mass is 9.46. The number of ketones is 2. The van der Waals surface area contributed by atoms with Crippen LogP contribution in [-0.2, 0) is 9.59 Å². The number of carbonyl (C=O) groups is 2. The Morgan fingerprint density at radius 2 is 1.96 bits per heavy atom. The van der Waals surface area contributed by atoms with Crippen molar-refractivity contribution in [3.05, 3.63) is 11.6 Å². The van der Waals surface area contributed by atoms with Crippen molar-refractivity contribution in [2.24, 2.45) is 34.5 Å². The number of hydrogen-bond donors (Lipinski definition) is 1. The number of aliphatic hydroxyl groups excluding tert-OH is 1. The molecule has 0 spiro atoms. The summed E-state index contributed by atoms with van der Waals surface area (Å²) in [6.07, 6.45) is 6.92. The number of rotatable bonds is 1. The lowest BCUT2D eigenvalue weighted by molar-refractivity contribution is -0.140. The number of alkyl halides is 1. The molecule has 0 bridgehead atoms. The Kier molecular flexibility index (Phi) is 4.12. The second kappa shape index (κ2) is 5.76. The molecule has 4 aliphatic carbocycles. The standard InChI is InChI=1S/C21H29BrO3/c1-11(23)15-6-7-16-14-5-4-12-10-13(24)8-9-20(12,2)17(14)18(25)19(22)21(15,16)3/h10,14-19,25H,4-9H2,1-3H3/t14-,15+,16-,17+,18+,19+,20-,21+/m0/s1. The molecule has 138 valence electrons. The Labute approximate surface area is 158 Å². The first-order valence-electron chi connectivity index (χ1n) is 9.77. The van der Waals surface area contributed by atoms with Gasteiger partial charge in [-0.2, -0.15) is 0 Å². The number of allylic oxidation sites excluding steroid dienone is 1. The molecule has 0 aromatic heterocycles. The summed E-state index contributed by atoms with van der Waals surface area (Å²) in [6.45, 7) is 6.21. The number of hydrogen-bond acceptors (Lipinski definition) is 3. The van der Waals surface area contributed by atoms with Crippen LogP contribution in [0.5, 0.6) is 0 Å². The minimum absolute atomic E-state index is 0.0511. The summed E-state index contributed by atoms with van der Waals surface area (Å²) in [4.78, 5) is 24.2. The molecule has 0 heterocycles. The van der Waals surface area contributed by atoms with Gasteiger partial charge in [0.1, 0.15) is 5.78 Å². The van der Waals surface area contributed by atoms with Gasteiger partial charge in [-0.1, -0.05) is 35.4 Å². The topological polar surface area (TPSA) is 54.4 Å². The van der Waals surface area contributed by atoms with E-state index < -0.39 is 6.10 Å². The van der Waals surface area contributed by atoms with E-state index in [0.29, 0.717) is 18.3 Å². The van der Waals surface area contributed by atoms with Crippen LogP contribution in [0.4, 0.5) is 0 Å². The van der Waals surface area contributed by atoms with Crippen LogP contribution in [0.25, 0.3) is 0 Å². The number of fused-ring (bicyclic) bond motifs is 5. The molecule has 0 saturated heterocycles. The molecule has 1 N–H and O–H groups in total. The van der Waals surface area contributed by atoms with Crippen LogP contribution < -0.4 is 0 Å². The Balaban J connectivity index is 1.77. The van der Waals surface area contributed by atoms with Crippen molar-refractivity contribution < 1.29 is 14.7 Å². The summed E-state index contributed by atoms with van der Waals surface area (Å²) in [5.41, 5.74) is 1.03. The van der Waals surface area contributed by atoms with E-state index in [4.69, 9.17) is 0 Å². The van der Waals surface area contributed by atoms with Crippen LogP contribution in [0.1, 0.15) is 59.3 Å². The van der Waals surface area contributed by atoms with Gasteiger partial charge in [0.2, 0.25) is 0 Å². The predicted octanol–water partition coefficient (Wildman–Crippen LogP) is 4.07. The molecule has 3 nitrogen and oxygen atoms in total. The van der Waals surface area contributed by atoms with Gasteiger partial charge in [0.25, 0.3) is 0 Å². The highest BCUT2D eigenvalue weighted by atomic mass is 79.9. The van der Waals surface area contributed by atoms with E-state index in [-0.39, 0.29) is 39.1 Å². The quantitative estimate of drug-likeness (QED) is 0.665. The highest BCUT2D eigenvalue weighted by Gasteiger charge is 2.66. The minimum Gasteiger partial charge on any atom is -0.392 e. The summed E-state index contributed by atoms with van der Waals surface area (Å²) in [5, 5.41) is 11.4. The molecule has 0 aromatic rings. The van der Waals surface area contributed by atoms with Crippen molar-refractivity contribution in [1.29, 1.82) is 0 Å². The van der Waals surface area contributed by atoms with Crippen molar-refractivity contribution in [2.75, 3.05) is 0 Å². The maximum Gasteiger partial charge on any atom is 0.155 e. The fourth-order valence-electron chi connectivity index (χ4n) is 7.26. The predicted molar refractivity (Wildman–Crippen MR) is 100 cm³/mol. The largest absolute Gasteiger partial charge is 0.392 e. The number of carbonyl (C=O) groups excluding carboxylic acids is 2. The van der Waals surface area contributed by atoms with Crippen LogP contribution in [0.3, 0.4) is 0 Å². The molecular weight excluding hydrogens is 380 g/mol. The van der Waals surface area contributed by atoms with Crippen molar-refractivity contribution in [2.45, 2.75) is 70.2 Å². The van der Waals surface area contributed by atoms with E-state index in [9.17, 15) is 14.7 Å². The lowest BCUT2D eigenvalue weighted by Crippen LogP contribution is -2.62. The number of halogens is 1. The zero-order chi connectivity index (χ0) is 18.1. The van der Waals surface area contributed by atoms with Gasteiger partial charge in [-0.3, -0.25) is 9.59 Å². The van der Waals surface area contributed by atoms with Gasteiger partial charge in [-0.05, 0) is 73.7 Å². The third kappa shape index (κ3) is 2.25. The second-order valence-electron chi connectivity index (χ2n) is 9.39. The zero-order valence-corrected chi connectivity index (χ0v) is 17.0. The number of Topliss-reactive ketones (excluding diaryl/α,β-unsaturated/α-hetero) is 1. The molecule has 0 radical (unpaired) electrons. The SMILES string of the molecule is CC(=O)[C@H]1CC[C@H]2[C@@H]3CCC4=CC(=O)CC[C@]4(C)[C@H]3[C@@H](O)[C@@H](Br)[C@]12C. The van der Waals surface area contributed by atoms with Gasteiger partial charge < -0.3 is 5.11 Å². The van der Waals surface area contributed by atoms with E-state index in [1.54, 1.807) is 6.92 Å². The third-order valence-corrected chi connectivity index (χ3v) is 10.0. The molecule has 8 atom stereocenters. The minimum atomic E-state index is -0.465. The monoisotopic (exact) mass is 408 g/mol. The molecule has 0 unspecified atom stereocenters. The molecule has 0 aromatic carbocycles. The highest BCUT2D eigenvalue weighted by molar-refractivity contribution is 9.09. The van der Waals surface area contributed by atoms with Crippen LogP contribution in [0, 0.1) is 34.5 Å². The molecule has 3 saturated carbocycles. The van der Waals surface area contributed by atoms with Crippen LogP contribution in [0.15, 0.2) is 11.6 Å². The Hall–Kier alpha value is -0.480. The van der Waals surface area contributed by atoms with E-state index in [1.165, 1.54) is 5.57 Å². The van der Waals surface area contributed by atoms with Crippen molar-refractivity contribution in [3.8, 4) is 0 Å². The normalized spacial score (nSPS) is 52.0. The smallest absolute Gasteiger partial charge is 0.155 e. The molecule has 4 aliphatic rings. The van der Waals surface area contributed by atoms with Gasteiger partial charge in [0.05, 0.1) is 6.10 Å². The molecule has 25 heavy (non-hydrogen) atoms. The van der Waals surface area contributed by atoms with Gasteiger partial charge >= 0.3 is 0 Å². The summed E-state index contributed by atoms with van der Waals surface area (Å²) >= 11 is 3.85. The lowest BCUT2D eigenvalue weighted by Gasteiger charge is -2.61. The molecule has 0 amide bonds. The fourth-order valence-corrected chi connectivity index (χ4v) is 8.25. The van der Waals surface area contributed by atoms with Gasteiger partial charge in [-0.25, -0.2) is 0 Å². The summed E-state index contributed by atoms with van der Waals surface area (Å²) in [5.74, 6) is 1.69.